The molecule has 0 unspecified atom stereocenters. The second-order valence-electron chi connectivity index (χ2n) is 7.12. The quantitative estimate of drug-likeness (QED) is 0.185. The maximum Gasteiger partial charge on any atom is 0.416 e. The Kier molecular flexibility index (Phi) is 7.54. The monoisotopic (exact) mass is 507 g/mol. The van der Waals surface area contributed by atoms with E-state index in [-0.39, 0.29) is 28.0 Å². The van der Waals surface area contributed by atoms with Crippen molar-refractivity contribution in [2.45, 2.75) is 17.6 Å². The summed E-state index contributed by atoms with van der Waals surface area (Å²) in [6.45, 7) is -0.292. The van der Waals surface area contributed by atoms with Gasteiger partial charge < -0.3 is 16.4 Å². The van der Waals surface area contributed by atoms with Crippen LogP contribution in [0.15, 0.2) is 77.7 Å². The lowest BCUT2D eigenvalue weighted by atomic mass is 10.1. The lowest BCUT2D eigenvalue weighted by Gasteiger charge is -2.12. The van der Waals surface area contributed by atoms with Gasteiger partial charge in [-0.25, -0.2) is 13.1 Å². The van der Waals surface area contributed by atoms with Gasteiger partial charge in [0, 0.05) is 23.5 Å². The summed E-state index contributed by atoms with van der Waals surface area (Å²) in [6, 6.07) is 16.9. The van der Waals surface area contributed by atoms with Gasteiger partial charge in [0.25, 0.3) is 0 Å². The Morgan fingerprint density at radius 2 is 1.59 bits per heavy atom. The largest absolute Gasteiger partial charge is 0.416 e. The van der Waals surface area contributed by atoms with Crippen LogP contribution in [-0.4, -0.2) is 19.4 Å². The van der Waals surface area contributed by atoms with Crippen molar-refractivity contribution in [2.24, 2.45) is 5.73 Å². The fourth-order valence-corrected chi connectivity index (χ4v) is 4.15. The van der Waals surface area contributed by atoms with Crippen molar-refractivity contribution in [3.8, 4) is 0 Å². The Morgan fingerprint density at radius 3 is 2.24 bits per heavy atom. The molecule has 0 spiro atoms. The number of alkyl halides is 3. The topological polar surface area (TPSA) is 120 Å². The van der Waals surface area contributed by atoms with Gasteiger partial charge in [0.05, 0.1) is 10.5 Å². The molecule has 0 atom stereocenters. The molecule has 0 saturated carbocycles. The molecular formula is C22H20F3N5O2S2. The molecule has 0 bridgehead atoms. The second-order valence-corrected chi connectivity index (χ2v) is 9.30. The zero-order chi connectivity index (χ0) is 24.9. The van der Waals surface area contributed by atoms with Crippen molar-refractivity contribution in [2.75, 3.05) is 10.6 Å². The van der Waals surface area contributed by atoms with Crippen molar-refractivity contribution < 1.29 is 21.6 Å². The van der Waals surface area contributed by atoms with Gasteiger partial charge in [0.1, 0.15) is 5.84 Å². The molecule has 0 aliphatic carbocycles. The highest BCUT2D eigenvalue weighted by molar-refractivity contribution is 7.89. The Labute approximate surface area is 199 Å². The number of nitrogens with one attached hydrogen (secondary N) is 4. The highest BCUT2D eigenvalue weighted by Gasteiger charge is 2.30. The second kappa shape index (κ2) is 10.2. The number of thiocarbonyl (C=S) groups is 1. The summed E-state index contributed by atoms with van der Waals surface area (Å²) in [5, 5.41) is 13.6. The van der Waals surface area contributed by atoms with Crippen LogP contribution in [0, 0.1) is 5.41 Å². The minimum Gasteiger partial charge on any atom is -0.384 e. The van der Waals surface area contributed by atoms with Crippen LogP contribution in [0.3, 0.4) is 0 Å². The number of rotatable bonds is 7. The fraction of sp³-hybridized carbons (Fsp3) is 0.0909. The van der Waals surface area contributed by atoms with Crippen molar-refractivity contribution >= 4 is 44.6 Å². The van der Waals surface area contributed by atoms with Gasteiger partial charge >= 0.3 is 6.18 Å². The average molecular weight is 508 g/mol. The molecule has 3 rings (SSSR count). The first-order valence-electron chi connectivity index (χ1n) is 9.72. The summed E-state index contributed by atoms with van der Waals surface area (Å²) in [5.41, 5.74) is 6.46. The van der Waals surface area contributed by atoms with Crippen molar-refractivity contribution in [3.05, 3.63) is 89.5 Å². The molecule has 0 radical (unpaired) electrons. The summed E-state index contributed by atoms with van der Waals surface area (Å²) in [4.78, 5) is -0.0573. The number of benzene rings is 3. The predicted molar refractivity (Wildman–Crippen MR) is 129 cm³/mol. The fourth-order valence-electron chi connectivity index (χ4n) is 2.89. The van der Waals surface area contributed by atoms with Crippen molar-refractivity contribution in [3.63, 3.8) is 0 Å². The minimum absolute atomic E-state index is 0.0573. The Balaban J connectivity index is 1.61. The summed E-state index contributed by atoms with van der Waals surface area (Å²) in [6.07, 6.45) is -4.51. The molecule has 3 aromatic carbocycles. The van der Waals surface area contributed by atoms with E-state index >= 15 is 0 Å². The summed E-state index contributed by atoms with van der Waals surface area (Å²) >= 11 is 5.25. The first-order valence-corrected chi connectivity index (χ1v) is 11.6. The zero-order valence-electron chi connectivity index (χ0n) is 17.5. The third kappa shape index (κ3) is 6.76. The molecule has 0 heterocycles. The SMILES string of the molecule is N=C(N)c1cccc(NC(=S)Nc2ccc(S(=O)(=O)NCc3cccc(C(F)(F)F)c3)cc2)c1. The van der Waals surface area contributed by atoms with Gasteiger partial charge in [0.15, 0.2) is 5.11 Å². The number of nitrogen functional groups attached to an aromatic ring is 1. The number of halogens is 3. The predicted octanol–water partition coefficient (Wildman–Crippen LogP) is 4.28. The van der Waals surface area contributed by atoms with E-state index in [4.69, 9.17) is 23.4 Å². The molecular weight excluding hydrogens is 487 g/mol. The molecule has 6 N–H and O–H groups in total. The maximum atomic E-state index is 12.8. The van der Waals surface area contributed by atoms with Crippen LogP contribution < -0.4 is 21.1 Å². The van der Waals surface area contributed by atoms with Crippen LogP contribution in [0.2, 0.25) is 0 Å². The molecule has 0 saturated heterocycles. The molecule has 12 heteroatoms. The third-order valence-electron chi connectivity index (χ3n) is 4.57. The normalized spacial score (nSPS) is 11.6. The minimum atomic E-state index is -4.51. The van der Waals surface area contributed by atoms with E-state index in [1.165, 1.54) is 36.4 Å². The Bertz CT molecular complexity index is 1310. The van der Waals surface area contributed by atoms with Crippen LogP contribution in [0.1, 0.15) is 16.7 Å². The highest BCUT2D eigenvalue weighted by atomic mass is 32.2. The van der Waals surface area contributed by atoms with Crippen LogP contribution in [-0.2, 0) is 22.7 Å². The summed E-state index contributed by atoms with van der Waals surface area (Å²) in [5.74, 6) is -0.0824. The Hall–Kier alpha value is -3.48. The van der Waals surface area contributed by atoms with Crippen LogP contribution in [0.25, 0.3) is 0 Å². The smallest absolute Gasteiger partial charge is 0.384 e. The number of anilines is 2. The highest BCUT2D eigenvalue weighted by Crippen LogP contribution is 2.29. The van der Waals surface area contributed by atoms with Crippen LogP contribution in [0.5, 0.6) is 0 Å². The lowest BCUT2D eigenvalue weighted by Crippen LogP contribution is -2.23. The van der Waals surface area contributed by atoms with Gasteiger partial charge in [-0.2, -0.15) is 13.2 Å². The molecule has 34 heavy (non-hydrogen) atoms. The molecule has 178 valence electrons. The standard InChI is InChI=1S/C22H20F3N5O2S2/c23-22(24,25)16-5-1-3-14(11-16)13-28-34(31,32)19-9-7-17(8-10-19)29-21(33)30-18-6-2-4-15(12-18)20(26)27/h1-12,28H,13H2,(H3,26,27)(H2,29,30,33). The van der Waals surface area contributed by atoms with Crippen LogP contribution in [0.4, 0.5) is 24.5 Å². The van der Waals surface area contributed by atoms with Gasteiger partial charge in [-0.05, 0) is 60.2 Å². The van der Waals surface area contributed by atoms with Crippen molar-refractivity contribution in [1.82, 2.24) is 4.72 Å². The maximum absolute atomic E-state index is 12.8. The van der Waals surface area contributed by atoms with Crippen LogP contribution >= 0.6 is 12.2 Å². The number of sulfonamides is 1. The van der Waals surface area contributed by atoms with E-state index in [1.807, 2.05) is 0 Å². The zero-order valence-corrected chi connectivity index (χ0v) is 19.1. The van der Waals surface area contributed by atoms with E-state index < -0.39 is 21.8 Å². The number of nitrogens with two attached hydrogens (primary N) is 1. The van der Waals surface area contributed by atoms with E-state index in [2.05, 4.69) is 15.4 Å². The van der Waals surface area contributed by atoms with Gasteiger partial charge in [0.2, 0.25) is 10.0 Å². The summed E-state index contributed by atoms with van der Waals surface area (Å²) < 4.78 is 65.9. The molecule has 3 aromatic rings. The number of hydrogen-bond donors (Lipinski definition) is 5. The molecule has 7 nitrogen and oxygen atoms in total. The van der Waals surface area contributed by atoms with E-state index in [0.29, 0.717) is 16.9 Å². The third-order valence-corrected chi connectivity index (χ3v) is 6.20. The molecule has 0 aliphatic heterocycles. The summed E-state index contributed by atoms with van der Waals surface area (Å²) in [7, 11) is -3.95. The molecule has 0 fully saturated rings. The van der Waals surface area contributed by atoms with Gasteiger partial charge in [-0.3, -0.25) is 5.41 Å². The van der Waals surface area contributed by atoms with Gasteiger partial charge in [-0.1, -0.05) is 30.3 Å². The first-order chi connectivity index (χ1) is 15.9. The van der Waals surface area contributed by atoms with E-state index in [9.17, 15) is 21.6 Å². The molecule has 0 amide bonds. The van der Waals surface area contributed by atoms with E-state index in [1.54, 1.807) is 24.3 Å². The van der Waals surface area contributed by atoms with E-state index in [0.717, 1.165) is 12.1 Å². The molecule has 0 aromatic heterocycles. The number of amidine groups is 1. The first kappa shape index (κ1) is 25.1. The Morgan fingerprint density at radius 1 is 0.941 bits per heavy atom. The van der Waals surface area contributed by atoms with Crippen molar-refractivity contribution in [1.29, 1.82) is 5.41 Å². The lowest BCUT2D eigenvalue weighted by molar-refractivity contribution is -0.137. The average Bonchev–Trinajstić information content (AvgIpc) is 2.78. The van der Waals surface area contributed by atoms with Gasteiger partial charge in [-0.15, -0.1) is 0 Å². The molecule has 0 aliphatic rings. The number of hydrogen-bond acceptors (Lipinski definition) is 4.